The van der Waals surface area contributed by atoms with Gasteiger partial charge in [-0.05, 0) is 143 Å². The number of esters is 1. The number of nitrogens with one attached hydrogen (secondary N) is 1. The Labute approximate surface area is 578 Å². The van der Waals surface area contributed by atoms with Gasteiger partial charge >= 0.3 is 38.3 Å². The fraction of sp³-hybridized carbons (Fsp3) is 0.492. The zero-order valence-corrected chi connectivity index (χ0v) is 59.9. The number of benzene rings is 2. The third-order valence-corrected chi connectivity index (χ3v) is 20.2. The van der Waals surface area contributed by atoms with Crippen LogP contribution < -0.4 is 14.5 Å². The van der Waals surface area contributed by atoms with E-state index >= 15 is 35.5 Å². The van der Waals surface area contributed by atoms with Gasteiger partial charge in [0.1, 0.15) is 58.8 Å². The van der Waals surface area contributed by atoms with Gasteiger partial charge in [-0.2, -0.15) is 49.6 Å². The van der Waals surface area contributed by atoms with Crippen LogP contribution in [0.4, 0.5) is 65.1 Å². The van der Waals surface area contributed by atoms with Gasteiger partial charge in [0, 0.05) is 53.7 Å². The molecule has 4 amide bonds. The fourth-order valence-corrected chi connectivity index (χ4v) is 13.8. The van der Waals surface area contributed by atoms with Crippen LogP contribution in [0.25, 0.3) is 22.0 Å². The summed E-state index contributed by atoms with van der Waals surface area (Å²) in [5, 5.41) is 8.57. The fourth-order valence-electron chi connectivity index (χ4n) is 10.8. The predicted octanol–water partition coefficient (Wildman–Crippen LogP) is 12.7. The summed E-state index contributed by atoms with van der Waals surface area (Å²) in [7, 11) is -12.7. The first-order chi connectivity index (χ1) is 46.1. The number of phosphoric acid groups is 1. The molecule has 0 aliphatic heterocycles. The molecule has 3 atom stereocenters. The number of phosphoric ester groups is 1. The lowest BCUT2D eigenvalue weighted by molar-refractivity contribution is -0.156. The summed E-state index contributed by atoms with van der Waals surface area (Å²) in [6.07, 6.45) is -10.6. The third kappa shape index (κ3) is 18.8. The van der Waals surface area contributed by atoms with E-state index in [4.69, 9.17) is 34.6 Å². The van der Waals surface area contributed by atoms with Crippen LogP contribution in [-0.2, 0) is 95.2 Å². The number of sulfone groups is 1. The molecule has 550 valence electrons. The highest BCUT2D eigenvalue weighted by molar-refractivity contribution is 7.93. The summed E-state index contributed by atoms with van der Waals surface area (Å²) in [5.41, 5.74) is -10.1. The van der Waals surface area contributed by atoms with E-state index in [1.54, 1.807) is 0 Å². The first-order valence-corrected chi connectivity index (χ1v) is 36.0. The molecule has 0 saturated heterocycles. The first kappa shape index (κ1) is 78.8. The molecule has 2 aromatic carbocycles. The highest BCUT2D eigenvalue weighted by atomic mass is 35.5. The van der Waals surface area contributed by atoms with Gasteiger partial charge in [-0.15, -0.1) is 0 Å². The zero-order valence-electron chi connectivity index (χ0n) is 56.6. The summed E-state index contributed by atoms with van der Waals surface area (Å²) in [5.74, 6) is -8.01. The molecule has 38 heteroatoms. The lowest BCUT2D eigenvalue weighted by atomic mass is 9.93. The van der Waals surface area contributed by atoms with Crippen molar-refractivity contribution in [3.8, 4) is 23.0 Å². The monoisotopic (exact) mass is 1510 g/mol. The molecule has 6 aromatic rings. The molecule has 101 heavy (non-hydrogen) atoms. The topological polar surface area (TPSA) is 283 Å². The molecule has 2 aliphatic carbocycles. The van der Waals surface area contributed by atoms with Crippen LogP contribution in [0.1, 0.15) is 134 Å². The standard InChI is InChI=1S/C63H70ClF10N10O14PS2/c1-57(2,3)96-46(86)31-81(56(88)94-33-95-99(89,97-58(4,5)6)98-59(7,8)9)29-35-16-15-23-75-53(35)80(12)55(87)84(101(14,92)93)54-48-43(64)20-19-40(50(48)83(79-54)32-61(67,68)69)39-18-17-38(21-22-60(10,11)100(13,90)91)76-49(39)44(26-34-24-36(65)27-37(66)25-34)77-45(85)30-82-52-47(51(78-82)63(72,73)74)41-28-42(41)62(52,70)71/h15-20,23-25,27,41-42,44H,26,28-33H2,1-14H3,(H,77,85)/t41-,42+,44-/m0/s1. The summed E-state index contributed by atoms with van der Waals surface area (Å²) in [6.45, 7) is 9.99. The molecule has 0 unspecified atom stereocenters. The van der Waals surface area contributed by atoms with Crippen molar-refractivity contribution in [2.45, 2.75) is 160 Å². The van der Waals surface area contributed by atoms with Crippen molar-refractivity contribution >= 4 is 85.8 Å². The number of ether oxygens (including phenoxy) is 2. The van der Waals surface area contributed by atoms with Gasteiger partial charge in [0.15, 0.2) is 21.3 Å². The normalized spacial score (nSPS) is 16.0. The second-order valence-electron chi connectivity index (χ2n) is 27.3. The van der Waals surface area contributed by atoms with Crippen molar-refractivity contribution < 1.29 is 108 Å². The molecule has 1 fully saturated rings. The van der Waals surface area contributed by atoms with E-state index < -0.39 is 222 Å². The molecule has 0 bridgehead atoms. The van der Waals surface area contributed by atoms with E-state index in [-0.39, 0.29) is 36.9 Å². The van der Waals surface area contributed by atoms with Crippen molar-refractivity contribution in [1.29, 1.82) is 0 Å². The number of sulfonamides is 1. The largest absolute Gasteiger partial charge is 0.478 e. The van der Waals surface area contributed by atoms with Gasteiger partial charge in [-0.3, -0.25) is 37.8 Å². The Bertz CT molecular complexity index is 4580. The molecule has 4 aromatic heterocycles. The van der Waals surface area contributed by atoms with E-state index in [0.29, 0.717) is 17.2 Å². The van der Waals surface area contributed by atoms with Crippen molar-refractivity contribution in [2.24, 2.45) is 5.92 Å². The molecule has 1 saturated carbocycles. The Balaban J connectivity index is 1.27. The van der Waals surface area contributed by atoms with Gasteiger partial charge in [-0.1, -0.05) is 29.7 Å². The molecule has 2 aliphatic rings. The van der Waals surface area contributed by atoms with Crippen molar-refractivity contribution in [3.63, 3.8) is 0 Å². The maximum absolute atomic E-state index is 15.9. The molecular weight excluding hydrogens is 1440 g/mol. The van der Waals surface area contributed by atoms with Crippen LogP contribution >= 0.6 is 19.4 Å². The average molecular weight is 1510 g/mol. The molecular formula is C63H70ClF10N10O14PS2. The lowest BCUT2D eigenvalue weighted by Crippen LogP contribution is -2.46. The Kier molecular flexibility index (Phi) is 21.9. The Morgan fingerprint density at radius 3 is 2.01 bits per heavy atom. The summed E-state index contributed by atoms with van der Waals surface area (Å²) in [4.78, 5) is 67.3. The number of nitrogens with zero attached hydrogens (tertiary/aromatic N) is 9. The summed E-state index contributed by atoms with van der Waals surface area (Å²) >= 11 is 6.88. The van der Waals surface area contributed by atoms with Crippen LogP contribution in [0.5, 0.6) is 0 Å². The molecule has 1 N–H and O–H groups in total. The SMILES string of the molecule is CN(C(=O)N(c1nn(CC(F)(F)F)c2c(-c3ccc(C#CC(C)(C)S(C)(=O)=O)nc3[C@H](Cc3cc(F)cc(F)c3)NC(=O)Cn3nc(C(F)(F)F)c4c3C(F)(F)[C@@H]3C[C@H]43)ccc(Cl)c12)S(C)(=O)=O)c1ncccc1CN(CC(=O)OC(C)(C)C)C(=O)OCOP(=O)(OC(C)(C)C)OC(C)(C)C. The highest BCUT2D eigenvalue weighted by Gasteiger charge is 2.68. The number of hydrogen-bond acceptors (Lipinski definition) is 18. The number of pyridine rings is 2. The third-order valence-electron chi connectivity index (χ3n) is 15.0. The first-order valence-electron chi connectivity index (χ1n) is 30.4. The zero-order chi connectivity index (χ0) is 75.7. The number of hydrogen-bond donors (Lipinski definition) is 1. The number of fused-ring (bicyclic) bond motifs is 4. The average Bonchev–Trinajstić information content (AvgIpc) is 1.52. The summed E-state index contributed by atoms with van der Waals surface area (Å²) in [6, 6.07) is 5.29. The number of halogens is 11. The maximum atomic E-state index is 15.9. The quantitative estimate of drug-likeness (QED) is 0.0230. The lowest BCUT2D eigenvalue weighted by Gasteiger charge is -2.31. The van der Waals surface area contributed by atoms with Gasteiger partial charge in [0.05, 0.1) is 51.7 Å². The van der Waals surface area contributed by atoms with E-state index in [1.165, 1.54) is 88.3 Å². The molecule has 4 heterocycles. The Hall–Kier alpha value is -7.94. The predicted molar refractivity (Wildman–Crippen MR) is 346 cm³/mol. The number of amides is 4. The van der Waals surface area contributed by atoms with Crippen LogP contribution in [0.15, 0.2) is 60.8 Å². The number of aromatic nitrogens is 6. The minimum absolute atomic E-state index is 0.0515. The number of anilines is 2. The number of rotatable bonds is 21. The smallest absolute Gasteiger partial charge is 0.459 e. The molecule has 0 spiro atoms. The van der Waals surface area contributed by atoms with Crippen molar-refractivity contribution in [2.75, 3.05) is 42.1 Å². The van der Waals surface area contributed by atoms with Crippen molar-refractivity contribution in [1.82, 2.24) is 39.7 Å². The van der Waals surface area contributed by atoms with Crippen LogP contribution in [-0.4, -0.2) is 136 Å². The van der Waals surface area contributed by atoms with Gasteiger partial charge in [-0.25, -0.2) is 54.3 Å². The molecule has 0 radical (unpaired) electrons. The highest BCUT2D eigenvalue weighted by Crippen LogP contribution is 2.68. The summed E-state index contributed by atoms with van der Waals surface area (Å²) < 4.78 is 245. The maximum Gasteiger partial charge on any atom is 0.478 e. The number of urea groups is 1. The second kappa shape index (κ2) is 28.0. The van der Waals surface area contributed by atoms with Crippen LogP contribution in [0.3, 0.4) is 0 Å². The Morgan fingerprint density at radius 1 is 0.832 bits per heavy atom. The number of carbonyl (C=O) groups is 4. The minimum Gasteiger partial charge on any atom is -0.459 e. The molecule has 8 rings (SSSR count). The van der Waals surface area contributed by atoms with E-state index in [0.717, 1.165) is 60.8 Å². The van der Waals surface area contributed by atoms with E-state index in [1.807, 2.05) is 0 Å². The second-order valence-corrected chi connectivity index (χ2v) is 33.6. The van der Waals surface area contributed by atoms with Gasteiger partial charge < -0.3 is 14.8 Å². The van der Waals surface area contributed by atoms with E-state index in [9.17, 15) is 49.0 Å². The van der Waals surface area contributed by atoms with Crippen LogP contribution in [0.2, 0.25) is 5.02 Å². The van der Waals surface area contributed by atoms with E-state index in [2.05, 4.69) is 37.3 Å². The van der Waals surface area contributed by atoms with Gasteiger partial charge in [0.25, 0.3) is 5.92 Å². The number of alkyl halides is 8. The minimum atomic E-state index is -5.28. The molecule has 24 nitrogen and oxygen atoms in total. The number of carbonyl (C=O) groups excluding carboxylic acids is 4. The van der Waals surface area contributed by atoms with Crippen LogP contribution in [0, 0.1) is 29.4 Å². The Morgan fingerprint density at radius 2 is 1.45 bits per heavy atom. The van der Waals surface area contributed by atoms with Gasteiger partial charge in [0.2, 0.25) is 22.7 Å². The van der Waals surface area contributed by atoms with Crippen molar-refractivity contribution in [3.05, 3.63) is 117 Å².